The van der Waals surface area contributed by atoms with Crippen molar-refractivity contribution in [2.45, 2.75) is 39.0 Å². The van der Waals surface area contributed by atoms with Gasteiger partial charge in [-0.1, -0.05) is 26.2 Å². The lowest BCUT2D eigenvalue weighted by Crippen LogP contribution is -2.36. The standard InChI is InChI=1S/C9H16/c1-7-6-8-4-2-3-5-9(7)8/h7-9H,2-6H2,1H3/t7-,8+,9?/m1/s1. The summed E-state index contributed by atoms with van der Waals surface area (Å²) in [6.45, 7) is 2.42. The molecular formula is C9H16. The number of hydrogen-bond acceptors (Lipinski definition) is 0. The Morgan fingerprint density at radius 2 is 1.89 bits per heavy atom. The second-order valence-corrected chi connectivity index (χ2v) is 3.92. The van der Waals surface area contributed by atoms with Crippen molar-refractivity contribution in [3.8, 4) is 0 Å². The van der Waals surface area contributed by atoms with Crippen molar-refractivity contribution < 1.29 is 0 Å². The highest BCUT2D eigenvalue weighted by Crippen LogP contribution is 2.48. The van der Waals surface area contributed by atoms with Gasteiger partial charge in [0.2, 0.25) is 0 Å². The van der Waals surface area contributed by atoms with Gasteiger partial charge in [-0.3, -0.25) is 0 Å². The van der Waals surface area contributed by atoms with E-state index in [-0.39, 0.29) is 0 Å². The monoisotopic (exact) mass is 124 g/mol. The van der Waals surface area contributed by atoms with Crippen molar-refractivity contribution >= 4 is 0 Å². The zero-order chi connectivity index (χ0) is 6.27. The molecule has 2 saturated carbocycles. The van der Waals surface area contributed by atoms with Crippen LogP contribution in [-0.2, 0) is 0 Å². The molecular weight excluding hydrogens is 108 g/mol. The van der Waals surface area contributed by atoms with E-state index in [1.54, 1.807) is 19.3 Å². The first-order valence-corrected chi connectivity index (χ1v) is 4.38. The van der Waals surface area contributed by atoms with E-state index in [0.29, 0.717) is 0 Å². The summed E-state index contributed by atoms with van der Waals surface area (Å²) in [5.74, 6) is 3.39. The third kappa shape index (κ3) is 0.798. The third-order valence-electron chi connectivity index (χ3n) is 3.37. The Hall–Kier alpha value is 0. The fourth-order valence-electron chi connectivity index (χ4n) is 2.73. The molecule has 2 aliphatic carbocycles. The predicted molar refractivity (Wildman–Crippen MR) is 39.2 cm³/mol. The van der Waals surface area contributed by atoms with Crippen molar-refractivity contribution in [1.82, 2.24) is 0 Å². The zero-order valence-corrected chi connectivity index (χ0v) is 6.27. The van der Waals surface area contributed by atoms with Gasteiger partial charge in [0.1, 0.15) is 0 Å². The second kappa shape index (κ2) is 2.00. The van der Waals surface area contributed by atoms with Crippen LogP contribution in [0.1, 0.15) is 39.0 Å². The van der Waals surface area contributed by atoms with Gasteiger partial charge >= 0.3 is 0 Å². The predicted octanol–water partition coefficient (Wildman–Crippen LogP) is 2.83. The van der Waals surface area contributed by atoms with Crippen molar-refractivity contribution in [2.75, 3.05) is 0 Å². The Bertz CT molecular complexity index is 105. The van der Waals surface area contributed by atoms with Gasteiger partial charge in [-0.25, -0.2) is 0 Å². The Kier molecular flexibility index (Phi) is 1.28. The fraction of sp³-hybridized carbons (Fsp3) is 1.00. The van der Waals surface area contributed by atoms with Crippen LogP contribution >= 0.6 is 0 Å². The molecule has 0 spiro atoms. The Morgan fingerprint density at radius 1 is 1.11 bits per heavy atom. The number of rotatable bonds is 0. The molecule has 0 aliphatic heterocycles. The molecule has 0 saturated heterocycles. The summed E-state index contributed by atoms with van der Waals surface area (Å²) >= 11 is 0. The van der Waals surface area contributed by atoms with Crippen LogP contribution in [-0.4, -0.2) is 0 Å². The van der Waals surface area contributed by atoms with E-state index in [2.05, 4.69) is 6.92 Å². The van der Waals surface area contributed by atoms with Crippen LogP contribution in [0.3, 0.4) is 0 Å². The van der Waals surface area contributed by atoms with E-state index in [4.69, 9.17) is 0 Å². The van der Waals surface area contributed by atoms with Crippen LogP contribution < -0.4 is 0 Å². The quantitative estimate of drug-likeness (QED) is 0.466. The molecule has 0 heterocycles. The minimum absolute atomic E-state index is 1.08. The molecule has 0 N–H and O–H groups in total. The van der Waals surface area contributed by atoms with E-state index in [1.807, 2.05) is 0 Å². The van der Waals surface area contributed by atoms with Gasteiger partial charge in [-0.2, -0.15) is 0 Å². The van der Waals surface area contributed by atoms with Crippen LogP contribution in [0.15, 0.2) is 0 Å². The SMILES string of the molecule is C[C@@H]1C[C@@H]2CCCCC21. The normalized spacial score (nSPS) is 49.7. The van der Waals surface area contributed by atoms with Gasteiger partial charge in [-0.15, -0.1) is 0 Å². The molecule has 0 aromatic rings. The Balaban J connectivity index is 1.94. The minimum Gasteiger partial charge on any atom is -0.0622 e. The number of hydrogen-bond donors (Lipinski definition) is 0. The van der Waals surface area contributed by atoms with Gasteiger partial charge in [0.15, 0.2) is 0 Å². The molecule has 2 rings (SSSR count). The van der Waals surface area contributed by atoms with E-state index in [9.17, 15) is 0 Å². The molecule has 0 heteroatoms. The van der Waals surface area contributed by atoms with Crippen LogP contribution in [0.2, 0.25) is 0 Å². The minimum atomic E-state index is 1.08. The topological polar surface area (TPSA) is 0 Å². The highest BCUT2D eigenvalue weighted by atomic mass is 14.4. The van der Waals surface area contributed by atoms with E-state index < -0.39 is 0 Å². The summed E-state index contributed by atoms with van der Waals surface area (Å²) < 4.78 is 0. The lowest BCUT2D eigenvalue weighted by molar-refractivity contribution is 0.0421. The highest BCUT2D eigenvalue weighted by Gasteiger charge is 2.38. The van der Waals surface area contributed by atoms with E-state index in [1.165, 1.54) is 12.8 Å². The molecule has 0 amide bonds. The average molecular weight is 124 g/mol. The molecule has 2 fully saturated rings. The number of fused-ring (bicyclic) bond motifs is 1. The van der Waals surface area contributed by atoms with Crippen LogP contribution in [0.5, 0.6) is 0 Å². The zero-order valence-electron chi connectivity index (χ0n) is 6.27. The highest BCUT2D eigenvalue weighted by molar-refractivity contribution is 4.88. The largest absolute Gasteiger partial charge is 0.0622 e. The van der Waals surface area contributed by atoms with Crippen molar-refractivity contribution in [1.29, 1.82) is 0 Å². The summed E-state index contributed by atoms with van der Waals surface area (Å²) in [6, 6.07) is 0. The van der Waals surface area contributed by atoms with Crippen LogP contribution in [0, 0.1) is 17.8 Å². The maximum atomic E-state index is 2.42. The first-order valence-electron chi connectivity index (χ1n) is 4.38. The van der Waals surface area contributed by atoms with Gasteiger partial charge in [0.05, 0.1) is 0 Å². The van der Waals surface area contributed by atoms with Crippen molar-refractivity contribution in [3.05, 3.63) is 0 Å². The lowest BCUT2D eigenvalue weighted by Gasteiger charge is -2.46. The van der Waals surface area contributed by atoms with Crippen molar-refractivity contribution in [2.24, 2.45) is 17.8 Å². The summed E-state index contributed by atoms with van der Waals surface area (Å²) in [5.41, 5.74) is 0. The molecule has 0 aromatic carbocycles. The first-order chi connectivity index (χ1) is 4.38. The molecule has 9 heavy (non-hydrogen) atoms. The van der Waals surface area contributed by atoms with Gasteiger partial charge in [0, 0.05) is 0 Å². The van der Waals surface area contributed by atoms with E-state index >= 15 is 0 Å². The molecule has 3 atom stereocenters. The lowest BCUT2D eigenvalue weighted by atomic mass is 9.59. The van der Waals surface area contributed by atoms with Crippen molar-refractivity contribution in [3.63, 3.8) is 0 Å². The molecule has 0 nitrogen and oxygen atoms in total. The molecule has 52 valence electrons. The van der Waals surface area contributed by atoms with Gasteiger partial charge in [0.25, 0.3) is 0 Å². The molecule has 0 aromatic heterocycles. The molecule has 0 bridgehead atoms. The summed E-state index contributed by atoms with van der Waals surface area (Å²) in [5, 5.41) is 0. The van der Waals surface area contributed by atoms with Crippen LogP contribution in [0.25, 0.3) is 0 Å². The van der Waals surface area contributed by atoms with E-state index in [0.717, 1.165) is 17.8 Å². The average Bonchev–Trinajstić information content (AvgIpc) is 1.86. The third-order valence-corrected chi connectivity index (χ3v) is 3.37. The summed E-state index contributed by atoms with van der Waals surface area (Å²) in [4.78, 5) is 0. The Morgan fingerprint density at radius 3 is 2.44 bits per heavy atom. The molecule has 2 aliphatic rings. The maximum absolute atomic E-state index is 2.42. The maximum Gasteiger partial charge on any atom is -0.0360 e. The Labute approximate surface area is 57.6 Å². The summed E-state index contributed by atoms with van der Waals surface area (Å²) in [6.07, 6.45) is 7.69. The van der Waals surface area contributed by atoms with Crippen LogP contribution in [0.4, 0.5) is 0 Å². The molecule has 1 unspecified atom stereocenters. The summed E-state index contributed by atoms with van der Waals surface area (Å²) in [7, 11) is 0. The fourth-order valence-corrected chi connectivity index (χ4v) is 2.73. The molecule has 0 radical (unpaired) electrons. The van der Waals surface area contributed by atoms with Gasteiger partial charge in [-0.05, 0) is 30.6 Å². The smallest absolute Gasteiger partial charge is 0.0360 e. The first kappa shape index (κ1) is 5.76. The van der Waals surface area contributed by atoms with Gasteiger partial charge < -0.3 is 0 Å². The second-order valence-electron chi connectivity index (χ2n) is 3.92.